The Labute approximate surface area is 118 Å². The van der Waals surface area contributed by atoms with Crippen LogP contribution in [0.1, 0.15) is 44.6 Å². The van der Waals surface area contributed by atoms with E-state index >= 15 is 0 Å². The van der Waals surface area contributed by atoms with E-state index in [-0.39, 0.29) is 0 Å². The summed E-state index contributed by atoms with van der Waals surface area (Å²) in [5.74, 6) is 5.81. The molecule has 0 radical (unpaired) electrons. The molecule has 0 saturated heterocycles. The van der Waals surface area contributed by atoms with E-state index in [1.807, 2.05) is 0 Å². The van der Waals surface area contributed by atoms with Gasteiger partial charge in [0.05, 0.1) is 0 Å². The molecule has 3 N–H and O–H groups in total. The summed E-state index contributed by atoms with van der Waals surface area (Å²) in [5, 5.41) is 0. The Morgan fingerprint density at radius 3 is 2.39 bits per heavy atom. The molecular weight excluding hydrogens is 288 g/mol. The first-order chi connectivity index (χ1) is 8.64. The molecule has 0 aromatic heterocycles. The van der Waals surface area contributed by atoms with Crippen molar-refractivity contribution in [1.29, 1.82) is 0 Å². The van der Waals surface area contributed by atoms with Crippen molar-refractivity contribution in [2.45, 2.75) is 51.5 Å². The van der Waals surface area contributed by atoms with Crippen LogP contribution in [-0.2, 0) is 6.42 Å². The van der Waals surface area contributed by atoms with Crippen molar-refractivity contribution in [1.82, 2.24) is 5.43 Å². The van der Waals surface area contributed by atoms with Crippen molar-refractivity contribution in [3.05, 3.63) is 34.3 Å². The van der Waals surface area contributed by atoms with Crippen LogP contribution in [-0.4, -0.2) is 6.04 Å². The molecule has 100 valence electrons. The predicted octanol–water partition coefficient (Wildman–Crippen LogP) is 3.79. The molecule has 1 aliphatic carbocycles. The molecule has 18 heavy (non-hydrogen) atoms. The first kappa shape index (κ1) is 14.0. The molecule has 0 heterocycles. The van der Waals surface area contributed by atoms with Crippen molar-refractivity contribution in [3.8, 4) is 0 Å². The summed E-state index contributed by atoms with van der Waals surface area (Å²) >= 11 is 3.48. The summed E-state index contributed by atoms with van der Waals surface area (Å²) in [4.78, 5) is 0. The zero-order valence-corrected chi connectivity index (χ0v) is 12.7. The largest absolute Gasteiger partial charge is 0.271 e. The third-order valence-electron chi connectivity index (χ3n) is 4.39. The fraction of sp³-hybridized carbons (Fsp3) is 0.600. The summed E-state index contributed by atoms with van der Waals surface area (Å²) in [6.07, 6.45) is 7.66. The van der Waals surface area contributed by atoms with Gasteiger partial charge in [-0.2, -0.15) is 0 Å². The Hall–Kier alpha value is -0.380. The van der Waals surface area contributed by atoms with E-state index in [2.05, 4.69) is 52.5 Å². The molecule has 2 nitrogen and oxygen atoms in total. The van der Waals surface area contributed by atoms with Gasteiger partial charge in [-0.05, 0) is 42.4 Å². The average Bonchev–Trinajstić information content (AvgIpc) is 2.38. The van der Waals surface area contributed by atoms with Gasteiger partial charge in [0.25, 0.3) is 0 Å². The summed E-state index contributed by atoms with van der Waals surface area (Å²) in [5.41, 5.74) is 4.77. The highest BCUT2D eigenvalue weighted by molar-refractivity contribution is 9.10. The number of hydrogen-bond donors (Lipinski definition) is 2. The van der Waals surface area contributed by atoms with Crippen molar-refractivity contribution in [2.24, 2.45) is 11.3 Å². The highest BCUT2D eigenvalue weighted by atomic mass is 79.9. The maximum Gasteiger partial charge on any atom is 0.0304 e. The fourth-order valence-electron chi connectivity index (χ4n) is 3.07. The van der Waals surface area contributed by atoms with Crippen LogP contribution in [0.3, 0.4) is 0 Å². The quantitative estimate of drug-likeness (QED) is 0.656. The first-order valence-corrected chi connectivity index (χ1v) is 7.64. The fourth-order valence-corrected chi connectivity index (χ4v) is 3.33. The topological polar surface area (TPSA) is 38.0 Å². The lowest BCUT2D eigenvalue weighted by Gasteiger charge is -2.40. The second kappa shape index (κ2) is 6.18. The van der Waals surface area contributed by atoms with E-state index < -0.39 is 0 Å². The third kappa shape index (κ3) is 3.34. The number of nitrogens with one attached hydrogen (secondary N) is 1. The third-order valence-corrected chi connectivity index (χ3v) is 4.92. The molecule has 1 aromatic carbocycles. The number of nitrogens with two attached hydrogens (primary N) is 1. The molecule has 0 aliphatic heterocycles. The first-order valence-electron chi connectivity index (χ1n) is 6.85. The second-order valence-electron chi connectivity index (χ2n) is 5.76. The molecule has 0 spiro atoms. The van der Waals surface area contributed by atoms with E-state index in [0.29, 0.717) is 11.5 Å². The monoisotopic (exact) mass is 310 g/mol. The maximum absolute atomic E-state index is 5.81. The summed E-state index contributed by atoms with van der Waals surface area (Å²) in [7, 11) is 0. The average molecular weight is 311 g/mol. The van der Waals surface area contributed by atoms with Gasteiger partial charge in [0.2, 0.25) is 0 Å². The van der Waals surface area contributed by atoms with E-state index in [1.165, 1.54) is 37.7 Å². The zero-order valence-electron chi connectivity index (χ0n) is 11.1. The molecule has 1 saturated carbocycles. The highest BCUT2D eigenvalue weighted by Gasteiger charge is 2.34. The van der Waals surface area contributed by atoms with Crippen molar-refractivity contribution >= 4 is 15.9 Å². The van der Waals surface area contributed by atoms with Gasteiger partial charge >= 0.3 is 0 Å². The van der Waals surface area contributed by atoms with Crippen LogP contribution >= 0.6 is 15.9 Å². The van der Waals surface area contributed by atoms with Crippen LogP contribution < -0.4 is 11.3 Å². The lowest BCUT2D eigenvalue weighted by molar-refractivity contribution is 0.144. The summed E-state index contributed by atoms with van der Waals surface area (Å²) in [6, 6.07) is 8.94. The Balaban J connectivity index is 2.06. The van der Waals surface area contributed by atoms with Crippen LogP contribution in [0.15, 0.2) is 28.7 Å². The van der Waals surface area contributed by atoms with Crippen molar-refractivity contribution in [2.75, 3.05) is 0 Å². The van der Waals surface area contributed by atoms with Crippen LogP contribution in [0.5, 0.6) is 0 Å². The minimum Gasteiger partial charge on any atom is -0.271 e. The molecule has 1 aromatic rings. The number of hydrazine groups is 1. The Bertz CT molecular complexity index is 369. The minimum absolute atomic E-state index is 0.347. The lowest BCUT2D eigenvalue weighted by atomic mass is 9.69. The van der Waals surface area contributed by atoms with Crippen molar-refractivity contribution in [3.63, 3.8) is 0 Å². The van der Waals surface area contributed by atoms with Crippen LogP contribution in [0.2, 0.25) is 0 Å². The number of benzene rings is 1. The van der Waals surface area contributed by atoms with E-state index in [4.69, 9.17) is 5.84 Å². The Kier molecular flexibility index (Phi) is 4.82. The molecule has 0 amide bonds. The molecule has 3 heteroatoms. The van der Waals surface area contributed by atoms with E-state index in [9.17, 15) is 0 Å². The summed E-state index contributed by atoms with van der Waals surface area (Å²) in [6.45, 7) is 2.38. The minimum atomic E-state index is 0.347. The van der Waals surface area contributed by atoms with E-state index in [1.54, 1.807) is 0 Å². The van der Waals surface area contributed by atoms with E-state index in [0.717, 1.165) is 10.9 Å². The van der Waals surface area contributed by atoms with Gasteiger partial charge in [-0.1, -0.05) is 54.2 Å². The van der Waals surface area contributed by atoms with Crippen LogP contribution in [0.25, 0.3) is 0 Å². The van der Waals surface area contributed by atoms with Gasteiger partial charge in [0.15, 0.2) is 0 Å². The summed E-state index contributed by atoms with van der Waals surface area (Å²) < 4.78 is 1.13. The molecular formula is C15H23BrN2. The van der Waals surface area contributed by atoms with Gasteiger partial charge in [-0.3, -0.25) is 11.3 Å². The Morgan fingerprint density at radius 2 is 1.83 bits per heavy atom. The predicted molar refractivity (Wildman–Crippen MR) is 80.1 cm³/mol. The lowest BCUT2D eigenvalue weighted by Crippen LogP contribution is -2.49. The maximum atomic E-state index is 5.81. The second-order valence-corrected chi connectivity index (χ2v) is 6.68. The number of rotatable bonds is 4. The molecule has 1 unspecified atom stereocenters. The molecule has 2 rings (SSSR count). The smallest absolute Gasteiger partial charge is 0.0304 e. The van der Waals surface area contributed by atoms with Gasteiger partial charge < -0.3 is 0 Å². The molecule has 1 atom stereocenters. The molecule has 1 aliphatic rings. The van der Waals surface area contributed by atoms with Gasteiger partial charge in [0.1, 0.15) is 0 Å². The van der Waals surface area contributed by atoms with Gasteiger partial charge in [-0.15, -0.1) is 0 Å². The number of hydrogen-bond acceptors (Lipinski definition) is 2. The zero-order chi connectivity index (χ0) is 13.0. The van der Waals surface area contributed by atoms with Crippen LogP contribution in [0, 0.1) is 5.41 Å². The van der Waals surface area contributed by atoms with Gasteiger partial charge in [-0.25, -0.2) is 0 Å². The Morgan fingerprint density at radius 1 is 1.22 bits per heavy atom. The van der Waals surface area contributed by atoms with Gasteiger partial charge in [0, 0.05) is 10.5 Å². The standard InChI is InChI=1S/C15H23BrN2/c1-15(9-3-2-4-10-15)14(18-17)11-12-5-7-13(16)8-6-12/h5-8,14,18H,2-4,9-11,17H2,1H3. The normalized spacial score (nSPS) is 20.6. The van der Waals surface area contributed by atoms with Crippen molar-refractivity contribution < 1.29 is 0 Å². The molecule has 1 fully saturated rings. The highest BCUT2D eigenvalue weighted by Crippen LogP contribution is 2.39. The van der Waals surface area contributed by atoms with Crippen LogP contribution in [0.4, 0.5) is 0 Å². The molecule has 0 bridgehead atoms. The number of halogens is 1. The SMILES string of the molecule is CC1(C(Cc2ccc(Br)cc2)NN)CCCCC1.